The van der Waals surface area contributed by atoms with E-state index in [4.69, 9.17) is 28.0 Å². The predicted octanol–water partition coefficient (Wildman–Crippen LogP) is -2.69. The highest BCUT2D eigenvalue weighted by molar-refractivity contribution is 7.80. The van der Waals surface area contributed by atoms with Gasteiger partial charge in [-0.1, -0.05) is 6.42 Å². The normalized spacial score (nSPS) is 14.4. The maximum atomic E-state index is 13.0. The van der Waals surface area contributed by atoms with Crippen molar-refractivity contribution in [2.75, 3.05) is 18.8 Å². The van der Waals surface area contributed by atoms with Gasteiger partial charge < -0.3 is 44.0 Å². The number of thiol groups is 1. The highest BCUT2D eigenvalue weighted by atomic mass is 32.1. The molecule has 0 saturated heterocycles. The zero-order valence-electron chi connectivity index (χ0n) is 19.3. The molecule has 0 aromatic rings. The Kier molecular flexibility index (Phi) is 16.7. The molecular formula is C20H39N7O6S. The summed E-state index contributed by atoms with van der Waals surface area (Å²) in [6, 6.07) is -4.40. The van der Waals surface area contributed by atoms with Gasteiger partial charge in [0, 0.05) is 12.2 Å². The molecule has 0 aliphatic heterocycles. The van der Waals surface area contributed by atoms with Crippen molar-refractivity contribution >= 4 is 42.2 Å². The van der Waals surface area contributed by atoms with Gasteiger partial charge in [0.2, 0.25) is 23.6 Å². The van der Waals surface area contributed by atoms with Crippen LogP contribution in [0, 0.1) is 0 Å². The van der Waals surface area contributed by atoms with Crippen LogP contribution in [0.3, 0.4) is 0 Å². The van der Waals surface area contributed by atoms with Crippen LogP contribution in [0.5, 0.6) is 0 Å². The summed E-state index contributed by atoms with van der Waals surface area (Å²) in [5.74, 6) is -4.21. The van der Waals surface area contributed by atoms with Crippen molar-refractivity contribution in [1.82, 2.24) is 16.0 Å². The summed E-state index contributed by atoms with van der Waals surface area (Å²) in [7, 11) is 0. The minimum atomic E-state index is -1.31. The van der Waals surface area contributed by atoms with Crippen LogP contribution in [0.2, 0.25) is 0 Å². The second-order valence-electron chi connectivity index (χ2n) is 7.88. The van der Waals surface area contributed by atoms with Gasteiger partial charge in [-0.3, -0.25) is 19.2 Å². The predicted molar refractivity (Wildman–Crippen MR) is 129 cm³/mol. The lowest BCUT2D eigenvalue weighted by Crippen LogP contribution is -2.57. The maximum Gasteiger partial charge on any atom is 0.327 e. The number of carbonyl (C=O) groups is 5. The quantitative estimate of drug-likeness (QED) is 0.0653. The Morgan fingerprint density at radius 3 is 1.68 bits per heavy atom. The average molecular weight is 506 g/mol. The van der Waals surface area contributed by atoms with E-state index in [0.717, 1.165) is 0 Å². The van der Waals surface area contributed by atoms with Crippen LogP contribution in [0.15, 0.2) is 0 Å². The largest absolute Gasteiger partial charge is 0.480 e. The van der Waals surface area contributed by atoms with Gasteiger partial charge in [-0.15, -0.1) is 0 Å². The molecule has 4 atom stereocenters. The number of hydrogen-bond donors (Lipinski definition) is 9. The molecule has 0 heterocycles. The van der Waals surface area contributed by atoms with Crippen LogP contribution >= 0.6 is 12.6 Å². The molecule has 0 aliphatic carbocycles. The van der Waals surface area contributed by atoms with E-state index in [2.05, 4.69) is 28.6 Å². The summed E-state index contributed by atoms with van der Waals surface area (Å²) in [5, 5.41) is 16.5. The first-order chi connectivity index (χ1) is 16.1. The van der Waals surface area contributed by atoms with Crippen molar-refractivity contribution in [3.8, 4) is 0 Å². The summed E-state index contributed by atoms with van der Waals surface area (Å²) in [6.07, 6.45) is 2.74. The highest BCUT2D eigenvalue weighted by Gasteiger charge is 2.30. The van der Waals surface area contributed by atoms with E-state index in [1.54, 1.807) is 0 Å². The molecular weight excluding hydrogens is 466 g/mol. The van der Waals surface area contributed by atoms with Crippen LogP contribution in [0.4, 0.5) is 0 Å². The number of carboxylic acids is 1. The highest BCUT2D eigenvalue weighted by Crippen LogP contribution is 2.06. The summed E-state index contributed by atoms with van der Waals surface area (Å²) < 4.78 is 0. The van der Waals surface area contributed by atoms with E-state index in [1.165, 1.54) is 0 Å². The topological polar surface area (TPSA) is 246 Å². The molecule has 34 heavy (non-hydrogen) atoms. The molecule has 12 N–H and O–H groups in total. The zero-order valence-corrected chi connectivity index (χ0v) is 20.2. The van der Waals surface area contributed by atoms with Crippen LogP contribution in [0.1, 0.15) is 51.4 Å². The van der Waals surface area contributed by atoms with Gasteiger partial charge in [-0.25, -0.2) is 4.79 Å². The van der Waals surface area contributed by atoms with E-state index >= 15 is 0 Å². The van der Waals surface area contributed by atoms with Crippen LogP contribution < -0.4 is 38.9 Å². The molecule has 13 nitrogen and oxygen atoms in total. The first-order valence-corrected chi connectivity index (χ1v) is 11.9. The lowest BCUT2D eigenvalue weighted by Gasteiger charge is -2.25. The number of carbonyl (C=O) groups excluding carboxylic acids is 4. The van der Waals surface area contributed by atoms with Crippen molar-refractivity contribution in [2.45, 2.75) is 75.5 Å². The summed E-state index contributed by atoms with van der Waals surface area (Å²) >= 11 is 3.89. The Bertz CT molecular complexity index is 682. The smallest absolute Gasteiger partial charge is 0.327 e. The van der Waals surface area contributed by atoms with E-state index in [-0.39, 0.29) is 25.0 Å². The fraction of sp³-hybridized carbons (Fsp3) is 0.750. The van der Waals surface area contributed by atoms with E-state index in [0.29, 0.717) is 45.2 Å². The number of hydrogen-bond acceptors (Lipinski definition) is 9. The molecule has 0 aliphatic rings. The summed E-state index contributed by atoms with van der Waals surface area (Å²) in [6.45, 7) is 0.869. The number of primary amides is 1. The van der Waals surface area contributed by atoms with E-state index < -0.39 is 53.8 Å². The Labute approximate surface area is 204 Å². The van der Waals surface area contributed by atoms with Gasteiger partial charge in [0.05, 0.1) is 6.04 Å². The SMILES string of the molecule is NCCCCC(N)C(=O)NC(CCCCN)C(=O)NC(CCC(N)=O)C(=O)NC(CS)C(=O)O. The minimum Gasteiger partial charge on any atom is -0.480 e. The lowest BCUT2D eigenvalue weighted by molar-refractivity contribution is -0.141. The third kappa shape index (κ3) is 13.3. The van der Waals surface area contributed by atoms with E-state index in [1.807, 2.05) is 0 Å². The van der Waals surface area contributed by atoms with Crippen molar-refractivity contribution < 1.29 is 29.1 Å². The Hall–Kier alpha value is -2.42. The number of nitrogens with one attached hydrogen (secondary N) is 3. The van der Waals surface area contributed by atoms with Gasteiger partial charge in [0.15, 0.2) is 0 Å². The first-order valence-electron chi connectivity index (χ1n) is 11.3. The molecule has 0 saturated carbocycles. The van der Waals surface area contributed by atoms with Crippen LogP contribution in [-0.4, -0.2) is 77.7 Å². The third-order valence-electron chi connectivity index (χ3n) is 5.00. The number of carboxylic acid groups (broad SMARTS) is 1. The van der Waals surface area contributed by atoms with Crippen molar-refractivity contribution in [2.24, 2.45) is 22.9 Å². The number of nitrogens with two attached hydrogens (primary N) is 4. The molecule has 0 spiro atoms. The van der Waals surface area contributed by atoms with Gasteiger partial charge in [-0.05, 0) is 51.6 Å². The first kappa shape index (κ1) is 31.6. The molecule has 0 fully saturated rings. The second-order valence-corrected chi connectivity index (χ2v) is 8.25. The molecule has 0 aromatic carbocycles. The van der Waals surface area contributed by atoms with Crippen LogP contribution in [0.25, 0.3) is 0 Å². The average Bonchev–Trinajstić information content (AvgIpc) is 2.78. The molecule has 0 rings (SSSR count). The Morgan fingerprint density at radius 2 is 1.21 bits per heavy atom. The van der Waals surface area contributed by atoms with Crippen LogP contribution in [-0.2, 0) is 24.0 Å². The molecule has 196 valence electrons. The van der Waals surface area contributed by atoms with Crippen molar-refractivity contribution in [1.29, 1.82) is 0 Å². The molecule has 4 unspecified atom stereocenters. The number of rotatable bonds is 19. The summed E-state index contributed by atoms with van der Waals surface area (Å²) in [5.41, 5.74) is 22.0. The fourth-order valence-electron chi connectivity index (χ4n) is 2.97. The van der Waals surface area contributed by atoms with Gasteiger partial charge in [-0.2, -0.15) is 12.6 Å². The third-order valence-corrected chi connectivity index (χ3v) is 5.36. The second kappa shape index (κ2) is 18.0. The molecule has 4 amide bonds. The molecule has 0 aromatic heterocycles. The zero-order chi connectivity index (χ0) is 26.1. The molecule has 0 radical (unpaired) electrons. The van der Waals surface area contributed by atoms with Crippen molar-refractivity contribution in [3.05, 3.63) is 0 Å². The fourth-order valence-corrected chi connectivity index (χ4v) is 3.21. The van der Waals surface area contributed by atoms with E-state index in [9.17, 15) is 24.0 Å². The Balaban J connectivity index is 5.41. The number of amides is 4. The van der Waals surface area contributed by atoms with Crippen molar-refractivity contribution in [3.63, 3.8) is 0 Å². The minimum absolute atomic E-state index is 0.159. The summed E-state index contributed by atoms with van der Waals surface area (Å²) in [4.78, 5) is 60.5. The maximum absolute atomic E-state index is 13.0. The molecule has 0 bridgehead atoms. The Morgan fingerprint density at radius 1 is 0.735 bits per heavy atom. The monoisotopic (exact) mass is 505 g/mol. The lowest BCUT2D eigenvalue weighted by atomic mass is 10.0. The van der Waals surface area contributed by atoms with Gasteiger partial charge in [0.1, 0.15) is 18.1 Å². The number of aliphatic carboxylic acids is 1. The van der Waals surface area contributed by atoms with Gasteiger partial charge in [0.25, 0.3) is 0 Å². The standard InChI is InChI=1S/C20H39N7O6S/c21-9-3-1-5-12(23)17(29)25-13(6-2-4-10-22)18(30)26-14(7-8-16(24)28)19(31)27-15(11-34)20(32)33/h12-15,34H,1-11,21-23H2,(H2,24,28)(H,25,29)(H,26,30)(H,27,31)(H,32,33). The molecule has 14 heteroatoms. The van der Waals surface area contributed by atoms with Gasteiger partial charge >= 0.3 is 5.97 Å². The number of unbranched alkanes of at least 4 members (excludes halogenated alkanes) is 2.